The Hall–Kier alpha value is -3.58. The summed E-state index contributed by atoms with van der Waals surface area (Å²) < 4.78 is 12.7. The van der Waals surface area contributed by atoms with E-state index in [0.717, 1.165) is 55.2 Å². The van der Waals surface area contributed by atoms with Crippen LogP contribution in [0.2, 0.25) is 0 Å². The standard InChI is InChI=1S/C27H32N4O3/c1-33-25-11-8-22(18-26(25)34-2)12-15-30-16-13-23(19-30)29-27(32)5-3-4-21-6-9-24(10-7-21)31-17-14-28-20-31/h3-4,6-11,14,17-18,20,23H,5,12-13,15-16,19H2,1-2H3,(H,29,32)/b4-3+. The number of rotatable bonds is 10. The lowest BCUT2D eigenvalue weighted by molar-refractivity contribution is -0.120. The minimum Gasteiger partial charge on any atom is -0.493 e. The number of nitrogens with one attached hydrogen (secondary N) is 1. The molecule has 0 radical (unpaired) electrons. The van der Waals surface area contributed by atoms with Crippen molar-refractivity contribution in [1.29, 1.82) is 0 Å². The lowest BCUT2D eigenvalue weighted by Gasteiger charge is -2.17. The zero-order chi connectivity index (χ0) is 23.8. The van der Waals surface area contributed by atoms with Gasteiger partial charge in [0.2, 0.25) is 5.91 Å². The van der Waals surface area contributed by atoms with Gasteiger partial charge in [0, 0.05) is 50.2 Å². The molecule has 3 aromatic rings. The predicted octanol–water partition coefficient (Wildman–Crippen LogP) is 3.73. The first-order valence-electron chi connectivity index (χ1n) is 11.6. The molecule has 1 amide bonds. The van der Waals surface area contributed by atoms with Gasteiger partial charge in [-0.15, -0.1) is 0 Å². The summed E-state index contributed by atoms with van der Waals surface area (Å²) in [5.74, 6) is 1.57. The zero-order valence-electron chi connectivity index (χ0n) is 19.8. The molecule has 1 atom stereocenters. The van der Waals surface area contributed by atoms with Gasteiger partial charge in [-0.3, -0.25) is 4.79 Å². The van der Waals surface area contributed by atoms with Crippen molar-refractivity contribution in [1.82, 2.24) is 19.8 Å². The number of hydrogen-bond acceptors (Lipinski definition) is 5. The molecular weight excluding hydrogens is 428 g/mol. The van der Waals surface area contributed by atoms with Crippen molar-refractivity contribution in [3.05, 3.63) is 78.4 Å². The first kappa shape index (κ1) is 23.6. The smallest absolute Gasteiger partial charge is 0.224 e. The van der Waals surface area contributed by atoms with E-state index in [1.165, 1.54) is 5.56 Å². The molecule has 0 spiro atoms. The molecule has 34 heavy (non-hydrogen) atoms. The van der Waals surface area contributed by atoms with Crippen LogP contribution in [-0.2, 0) is 11.2 Å². The van der Waals surface area contributed by atoms with Crippen LogP contribution in [0, 0.1) is 0 Å². The van der Waals surface area contributed by atoms with Gasteiger partial charge < -0.3 is 24.3 Å². The van der Waals surface area contributed by atoms with Gasteiger partial charge in [0.05, 0.1) is 20.5 Å². The average molecular weight is 461 g/mol. The molecule has 178 valence electrons. The summed E-state index contributed by atoms with van der Waals surface area (Å²) in [6, 6.07) is 14.4. The van der Waals surface area contributed by atoms with Crippen LogP contribution >= 0.6 is 0 Å². The van der Waals surface area contributed by atoms with Gasteiger partial charge in [0.1, 0.15) is 0 Å². The average Bonchev–Trinajstić information content (AvgIpc) is 3.55. The van der Waals surface area contributed by atoms with E-state index >= 15 is 0 Å². The van der Waals surface area contributed by atoms with Crippen LogP contribution < -0.4 is 14.8 Å². The summed E-state index contributed by atoms with van der Waals surface area (Å²) in [6.07, 6.45) is 11.7. The molecule has 2 heterocycles. The van der Waals surface area contributed by atoms with E-state index in [2.05, 4.69) is 21.3 Å². The fraction of sp³-hybridized carbons (Fsp3) is 0.333. The fourth-order valence-electron chi connectivity index (χ4n) is 4.23. The molecule has 1 aromatic heterocycles. The number of amides is 1. The zero-order valence-corrected chi connectivity index (χ0v) is 19.8. The van der Waals surface area contributed by atoms with E-state index in [4.69, 9.17) is 9.47 Å². The van der Waals surface area contributed by atoms with Crippen molar-refractivity contribution in [3.8, 4) is 17.2 Å². The quantitative estimate of drug-likeness (QED) is 0.499. The SMILES string of the molecule is COc1ccc(CCN2CCC(NC(=O)C/C=C/c3ccc(-n4ccnc4)cc3)C2)cc1OC. The summed E-state index contributed by atoms with van der Waals surface area (Å²) in [6.45, 7) is 2.84. The van der Waals surface area contributed by atoms with E-state index < -0.39 is 0 Å². The molecule has 7 nitrogen and oxygen atoms in total. The minimum absolute atomic E-state index is 0.0676. The number of benzene rings is 2. The largest absolute Gasteiger partial charge is 0.493 e. The highest BCUT2D eigenvalue weighted by Gasteiger charge is 2.23. The predicted molar refractivity (Wildman–Crippen MR) is 133 cm³/mol. The molecule has 1 aliphatic rings. The maximum Gasteiger partial charge on any atom is 0.224 e. The summed E-state index contributed by atoms with van der Waals surface area (Å²) in [5, 5.41) is 3.18. The second-order valence-electron chi connectivity index (χ2n) is 8.46. The van der Waals surface area contributed by atoms with Gasteiger partial charge in [0.15, 0.2) is 11.5 Å². The van der Waals surface area contributed by atoms with Crippen molar-refractivity contribution in [3.63, 3.8) is 0 Å². The Bertz CT molecular complexity index is 1090. The first-order valence-corrected chi connectivity index (χ1v) is 11.6. The molecule has 7 heteroatoms. The molecule has 4 rings (SSSR count). The third kappa shape index (κ3) is 6.26. The number of ether oxygens (including phenoxy) is 2. The van der Waals surface area contributed by atoms with Crippen LogP contribution in [-0.4, -0.2) is 60.3 Å². The second-order valence-corrected chi connectivity index (χ2v) is 8.46. The lowest BCUT2D eigenvalue weighted by atomic mass is 10.1. The van der Waals surface area contributed by atoms with E-state index in [0.29, 0.717) is 6.42 Å². The van der Waals surface area contributed by atoms with E-state index in [-0.39, 0.29) is 11.9 Å². The molecule has 2 aromatic carbocycles. The van der Waals surface area contributed by atoms with Crippen LogP contribution in [0.15, 0.2) is 67.3 Å². The number of aromatic nitrogens is 2. The van der Waals surface area contributed by atoms with Gasteiger partial charge in [-0.05, 0) is 48.2 Å². The fourth-order valence-corrected chi connectivity index (χ4v) is 4.23. The van der Waals surface area contributed by atoms with Crippen LogP contribution in [0.5, 0.6) is 11.5 Å². The van der Waals surface area contributed by atoms with E-state index in [1.807, 2.05) is 59.3 Å². The van der Waals surface area contributed by atoms with E-state index in [1.54, 1.807) is 26.7 Å². The summed E-state index contributed by atoms with van der Waals surface area (Å²) in [7, 11) is 3.30. The van der Waals surface area contributed by atoms with Crippen LogP contribution in [0.3, 0.4) is 0 Å². The second kappa shape index (κ2) is 11.5. The number of imidazole rings is 1. The van der Waals surface area contributed by atoms with Crippen LogP contribution in [0.25, 0.3) is 11.8 Å². The van der Waals surface area contributed by atoms with Crippen molar-refractivity contribution >= 4 is 12.0 Å². The molecule has 1 aliphatic heterocycles. The highest BCUT2D eigenvalue weighted by molar-refractivity contribution is 5.78. The Balaban J connectivity index is 1.18. The number of carbonyl (C=O) groups excluding carboxylic acids is 1. The summed E-state index contributed by atoms with van der Waals surface area (Å²) in [4.78, 5) is 18.9. The maximum absolute atomic E-state index is 12.4. The molecular formula is C27H32N4O3. The highest BCUT2D eigenvalue weighted by atomic mass is 16.5. The summed E-state index contributed by atoms with van der Waals surface area (Å²) >= 11 is 0. The van der Waals surface area contributed by atoms with Gasteiger partial charge in [0.25, 0.3) is 0 Å². The monoisotopic (exact) mass is 460 g/mol. The maximum atomic E-state index is 12.4. The Kier molecular flexibility index (Phi) is 7.99. The van der Waals surface area contributed by atoms with E-state index in [9.17, 15) is 4.79 Å². The molecule has 0 saturated carbocycles. The van der Waals surface area contributed by atoms with Gasteiger partial charge in [-0.2, -0.15) is 0 Å². The lowest BCUT2D eigenvalue weighted by Crippen LogP contribution is -2.37. The topological polar surface area (TPSA) is 68.6 Å². The van der Waals surface area contributed by atoms with Crippen molar-refractivity contribution in [2.45, 2.75) is 25.3 Å². The number of hydrogen-bond donors (Lipinski definition) is 1. The number of carbonyl (C=O) groups is 1. The van der Waals surface area contributed by atoms with Gasteiger partial charge in [-0.1, -0.05) is 30.4 Å². The number of likely N-dealkylation sites (tertiary alicyclic amines) is 1. The highest BCUT2D eigenvalue weighted by Crippen LogP contribution is 2.27. The van der Waals surface area contributed by atoms with Gasteiger partial charge >= 0.3 is 0 Å². The Morgan fingerprint density at radius 1 is 1.15 bits per heavy atom. The Morgan fingerprint density at radius 2 is 1.97 bits per heavy atom. The first-order chi connectivity index (χ1) is 16.6. The normalized spacial score (nSPS) is 16.1. The third-order valence-electron chi connectivity index (χ3n) is 6.11. The van der Waals surface area contributed by atoms with Crippen molar-refractivity contribution in [2.75, 3.05) is 33.9 Å². The summed E-state index contributed by atoms with van der Waals surface area (Å²) in [5.41, 5.74) is 3.34. The van der Waals surface area contributed by atoms with Crippen LogP contribution in [0.4, 0.5) is 0 Å². The molecule has 1 unspecified atom stereocenters. The molecule has 0 aliphatic carbocycles. The van der Waals surface area contributed by atoms with Gasteiger partial charge in [-0.25, -0.2) is 4.98 Å². The number of nitrogens with zero attached hydrogens (tertiary/aromatic N) is 3. The molecule has 1 saturated heterocycles. The Labute approximate surface area is 201 Å². The minimum atomic E-state index is 0.0676. The van der Waals surface area contributed by atoms with Crippen molar-refractivity contribution in [2.24, 2.45) is 0 Å². The molecule has 1 fully saturated rings. The third-order valence-corrected chi connectivity index (χ3v) is 6.11. The Morgan fingerprint density at radius 3 is 2.71 bits per heavy atom. The number of methoxy groups -OCH3 is 2. The van der Waals surface area contributed by atoms with Crippen molar-refractivity contribution < 1.29 is 14.3 Å². The molecule has 1 N–H and O–H groups in total. The van der Waals surface area contributed by atoms with Crippen LogP contribution in [0.1, 0.15) is 24.0 Å². The molecule has 0 bridgehead atoms.